The minimum atomic E-state index is -3.57. The molecule has 0 radical (unpaired) electrons. The van der Waals surface area contributed by atoms with E-state index in [0.717, 1.165) is 22.2 Å². The maximum absolute atomic E-state index is 12.5. The number of nitrogens with one attached hydrogen (secondary N) is 1. The van der Waals surface area contributed by atoms with Crippen LogP contribution >= 0.6 is 0 Å². The fraction of sp³-hybridized carbons (Fsp3) is 0.222. The lowest BCUT2D eigenvalue weighted by atomic mass is 10.1. The van der Waals surface area contributed by atoms with Crippen molar-refractivity contribution in [3.63, 3.8) is 0 Å². The van der Waals surface area contributed by atoms with Gasteiger partial charge < -0.3 is 9.30 Å². The molecule has 0 unspecified atom stereocenters. The summed E-state index contributed by atoms with van der Waals surface area (Å²) in [5, 5.41) is 1.06. The first kappa shape index (κ1) is 16.5. The van der Waals surface area contributed by atoms with Crippen molar-refractivity contribution in [3.05, 3.63) is 59.8 Å². The zero-order valence-electron chi connectivity index (χ0n) is 13.9. The molecule has 0 atom stereocenters. The topological polar surface area (TPSA) is 60.3 Å². The number of hydrogen-bond acceptors (Lipinski definition) is 3. The maximum atomic E-state index is 12.5. The minimum Gasteiger partial charge on any atom is -0.497 e. The van der Waals surface area contributed by atoms with Crippen molar-refractivity contribution >= 4 is 20.9 Å². The predicted octanol–water partition coefficient (Wildman–Crippen LogP) is 2.97. The number of hydrogen-bond donors (Lipinski definition) is 1. The van der Waals surface area contributed by atoms with Gasteiger partial charge in [-0.3, -0.25) is 0 Å². The van der Waals surface area contributed by atoms with Crippen LogP contribution in [0.1, 0.15) is 11.3 Å². The lowest BCUT2D eigenvalue weighted by Crippen LogP contribution is -2.23. The fourth-order valence-electron chi connectivity index (χ4n) is 2.83. The van der Waals surface area contributed by atoms with Crippen LogP contribution < -0.4 is 9.46 Å². The first-order valence-corrected chi connectivity index (χ1v) is 9.09. The molecule has 0 bridgehead atoms. The lowest BCUT2D eigenvalue weighted by molar-refractivity contribution is 0.414. The highest BCUT2D eigenvalue weighted by atomic mass is 32.2. The summed E-state index contributed by atoms with van der Waals surface area (Å²) in [5.41, 5.74) is 3.13. The fourth-order valence-corrected chi connectivity index (χ4v) is 3.82. The normalized spacial score (nSPS) is 11.8. The zero-order chi connectivity index (χ0) is 17.3. The third-order valence-electron chi connectivity index (χ3n) is 4.34. The van der Waals surface area contributed by atoms with Crippen LogP contribution in [-0.2, 0) is 23.6 Å². The largest absolute Gasteiger partial charge is 0.497 e. The molecular formula is C18H20N2O3S. The van der Waals surface area contributed by atoms with Crippen molar-refractivity contribution < 1.29 is 13.2 Å². The molecule has 3 rings (SSSR count). The second-order valence-corrected chi connectivity index (χ2v) is 7.41. The summed E-state index contributed by atoms with van der Waals surface area (Å²) in [6.07, 6.45) is 0. The van der Waals surface area contributed by atoms with Gasteiger partial charge in [-0.15, -0.1) is 0 Å². The summed E-state index contributed by atoms with van der Waals surface area (Å²) in [4.78, 5) is 0.223. The Morgan fingerprint density at radius 2 is 1.75 bits per heavy atom. The van der Waals surface area contributed by atoms with E-state index in [0.29, 0.717) is 5.75 Å². The molecule has 0 spiro atoms. The number of para-hydroxylation sites is 1. The van der Waals surface area contributed by atoms with Crippen LogP contribution in [0.2, 0.25) is 0 Å². The van der Waals surface area contributed by atoms with Gasteiger partial charge in [0.25, 0.3) is 0 Å². The Labute approximate surface area is 141 Å². The van der Waals surface area contributed by atoms with Crippen LogP contribution in [0.3, 0.4) is 0 Å². The predicted molar refractivity (Wildman–Crippen MR) is 94.7 cm³/mol. The van der Waals surface area contributed by atoms with Gasteiger partial charge in [0.1, 0.15) is 5.75 Å². The van der Waals surface area contributed by atoms with Crippen LogP contribution in [0.25, 0.3) is 10.9 Å². The summed E-state index contributed by atoms with van der Waals surface area (Å²) in [7, 11) is -0.0425. The Morgan fingerprint density at radius 1 is 1.08 bits per heavy atom. The molecule has 1 aromatic heterocycles. The highest BCUT2D eigenvalue weighted by Gasteiger charge is 2.17. The van der Waals surface area contributed by atoms with Crippen LogP contribution in [0.15, 0.2) is 53.4 Å². The molecule has 3 aromatic rings. The Morgan fingerprint density at radius 3 is 2.42 bits per heavy atom. The second-order valence-electron chi connectivity index (χ2n) is 5.64. The minimum absolute atomic E-state index is 0.223. The van der Waals surface area contributed by atoms with Gasteiger partial charge in [0.05, 0.1) is 12.0 Å². The number of aryl methyl sites for hydroxylation is 1. The number of nitrogens with zero attached hydrogens (tertiary/aromatic N) is 1. The van der Waals surface area contributed by atoms with Crippen molar-refractivity contribution in [2.75, 3.05) is 7.11 Å². The standard InChI is InChI=1S/C18H20N2O3S/c1-13-17(16-6-4-5-7-18(16)20(13)2)12-19-24(21,22)15-10-8-14(23-3)9-11-15/h4-11,19H,12H2,1-3H3. The smallest absolute Gasteiger partial charge is 0.240 e. The molecule has 1 N–H and O–H groups in total. The van der Waals surface area contributed by atoms with Crippen LogP contribution in [0.5, 0.6) is 5.75 Å². The van der Waals surface area contributed by atoms with E-state index in [1.165, 1.54) is 12.1 Å². The molecule has 0 amide bonds. The second kappa shape index (κ2) is 6.30. The van der Waals surface area contributed by atoms with Gasteiger partial charge in [0, 0.05) is 30.2 Å². The van der Waals surface area contributed by atoms with Crippen LogP contribution in [0.4, 0.5) is 0 Å². The first-order valence-electron chi connectivity index (χ1n) is 7.60. The summed E-state index contributed by atoms with van der Waals surface area (Å²) >= 11 is 0. The molecule has 0 aliphatic rings. The van der Waals surface area contributed by atoms with E-state index in [2.05, 4.69) is 9.29 Å². The highest BCUT2D eigenvalue weighted by Crippen LogP contribution is 2.25. The Bertz CT molecular complexity index is 973. The highest BCUT2D eigenvalue weighted by molar-refractivity contribution is 7.89. The van der Waals surface area contributed by atoms with E-state index in [4.69, 9.17) is 4.74 Å². The summed E-state index contributed by atoms with van der Waals surface area (Å²) in [6.45, 7) is 2.25. The van der Waals surface area contributed by atoms with Gasteiger partial charge >= 0.3 is 0 Å². The Hall–Kier alpha value is -2.31. The van der Waals surface area contributed by atoms with E-state index in [-0.39, 0.29) is 11.4 Å². The maximum Gasteiger partial charge on any atom is 0.240 e. The number of benzene rings is 2. The number of methoxy groups -OCH3 is 1. The lowest BCUT2D eigenvalue weighted by Gasteiger charge is -2.08. The van der Waals surface area contributed by atoms with Gasteiger partial charge in [-0.1, -0.05) is 18.2 Å². The van der Waals surface area contributed by atoms with E-state index in [1.807, 2.05) is 38.2 Å². The van der Waals surface area contributed by atoms with E-state index in [9.17, 15) is 8.42 Å². The van der Waals surface area contributed by atoms with E-state index in [1.54, 1.807) is 19.2 Å². The molecule has 1 heterocycles. The number of sulfonamides is 1. The third kappa shape index (κ3) is 2.90. The molecule has 0 aliphatic heterocycles. The summed E-state index contributed by atoms with van der Waals surface area (Å²) in [5.74, 6) is 0.624. The molecule has 126 valence electrons. The van der Waals surface area contributed by atoms with Crippen LogP contribution in [-0.4, -0.2) is 20.1 Å². The quantitative estimate of drug-likeness (QED) is 0.774. The van der Waals surface area contributed by atoms with Crippen molar-refractivity contribution in [1.29, 1.82) is 0 Å². The molecule has 0 saturated carbocycles. The molecule has 24 heavy (non-hydrogen) atoms. The third-order valence-corrected chi connectivity index (χ3v) is 5.76. The first-order chi connectivity index (χ1) is 11.4. The monoisotopic (exact) mass is 344 g/mol. The molecule has 5 nitrogen and oxygen atoms in total. The molecule has 0 aliphatic carbocycles. The van der Waals surface area contributed by atoms with Gasteiger partial charge in [-0.05, 0) is 42.8 Å². The zero-order valence-corrected chi connectivity index (χ0v) is 14.7. The molecule has 0 saturated heterocycles. The Balaban J connectivity index is 1.88. The van der Waals surface area contributed by atoms with Gasteiger partial charge in [0.15, 0.2) is 0 Å². The summed E-state index contributed by atoms with van der Waals surface area (Å²) < 4.78 is 34.8. The summed E-state index contributed by atoms with van der Waals surface area (Å²) in [6, 6.07) is 14.3. The number of fused-ring (bicyclic) bond motifs is 1. The van der Waals surface area contributed by atoms with Crippen molar-refractivity contribution in [1.82, 2.24) is 9.29 Å². The van der Waals surface area contributed by atoms with Crippen molar-refractivity contribution in [2.24, 2.45) is 7.05 Å². The number of aromatic nitrogens is 1. The number of ether oxygens (including phenoxy) is 1. The average molecular weight is 344 g/mol. The molecule has 0 fully saturated rings. The van der Waals surface area contributed by atoms with Gasteiger partial charge in [-0.2, -0.15) is 0 Å². The Kier molecular flexibility index (Phi) is 4.34. The molecule has 6 heteroatoms. The van der Waals surface area contributed by atoms with Gasteiger partial charge in [0.2, 0.25) is 10.0 Å². The van der Waals surface area contributed by atoms with Crippen molar-refractivity contribution in [3.8, 4) is 5.75 Å². The number of rotatable bonds is 5. The van der Waals surface area contributed by atoms with Crippen LogP contribution in [0, 0.1) is 6.92 Å². The molecular weight excluding hydrogens is 324 g/mol. The van der Waals surface area contributed by atoms with E-state index < -0.39 is 10.0 Å². The van der Waals surface area contributed by atoms with Gasteiger partial charge in [-0.25, -0.2) is 13.1 Å². The molecule has 2 aromatic carbocycles. The van der Waals surface area contributed by atoms with Crippen molar-refractivity contribution in [2.45, 2.75) is 18.4 Å². The van der Waals surface area contributed by atoms with E-state index >= 15 is 0 Å². The average Bonchev–Trinajstić information content (AvgIpc) is 2.84. The SMILES string of the molecule is COc1ccc(S(=O)(=O)NCc2c(C)n(C)c3ccccc23)cc1.